The molecule has 0 amide bonds. The van der Waals surface area contributed by atoms with Gasteiger partial charge in [0.1, 0.15) is 5.82 Å². The third-order valence-corrected chi connectivity index (χ3v) is 5.54. The zero-order valence-corrected chi connectivity index (χ0v) is 20.4. The Morgan fingerprint density at radius 2 is 1.65 bits per heavy atom. The second kappa shape index (κ2) is 11.7. The Morgan fingerprint density at radius 3 is 2.32 bits per heavy atom. The highest BCUT2D eigenvalue weighted by molar-refractivity contribution is 14.0. The summed E-state index contributed by atoms with van der Waals surface area (Å²) in [5.74, 6) is 2.07. The highest BCUT2D eigenvalue weighted by Gasteiger charge is 2.19. The number of aromatic nitrogens is 2. The number of benzene rings is 2. The van der Waals surface area contributed by atoms with Crippen molar-refractivity contribution in [3.8, 4) is 0 Å². The Hall–Kier alpha value is -2.55. The number of anilines is 1. The molecule has 0 radical (unpaired) electrons. The summed E-state index contributed by atoms with van der Waals surface area (Å²) < 4.78 is 2.22. The van der Waals surface area contributed by atoms with Gasteiger partial charge >= 0.3 is 0 Å². The van der Waals surface area contributed by atoms with Gasteiger partial charge in [0.15, 0.2) is 5.96 Å². The molecule has 1 saturated heterocycles. The van der Waals surface area contributed by atoms with Crippen LogP contribution in [0.15, 0.2) is 78.0 Å². The molecule has 0 unspecified atom stereocenters. The maximum Gasteiger partial charge on any atom is 0.193 e. The van der Waals surface area contributed by atoms with Crippen LogP contribution in [0.1, 0.15) is 11.4 Å². The lowest BCUT2D eigenvalue weighted by Gasteiger charge is -2.37. The van der Waals surface area contributed by atoms with Crippen LogP contribution >= 0.6 is 24.0 Å². The van der Waals surface area contributed by atoms with Gasteiger partial charge in [-0.25, -0.2) is 4.98 Å². The second-order valence-corrected chi connectivity index (χ2v) is 7.49. The zero-order chi connectivity index (χ0) is 20.6. The number of rotatable bonds is 6. The molecule has 1 N–H and O–H groups in total. The maximum absolute atomic E-state index is 4.55. The second-order valence-electron chi connectivity index (χ2n) is 7.49. The molecule has 4 rings (SSSR count). The van der Waals surface area contributed by atoms with Crippen molar-refractivity contribution < 1.29 is 0 Å². The van der Waals surface area contributed by atoms with E-state index < -0.39 is 0 Å². The van der Waals surface area contributed by atoms with Gasteiger partial charge in [-0.05, 0) is 17.7 Å². The monoisotopic (exact) mass is 530 g/mol. The first-order valence-corrected chi connectivity index (χ1v) is 10.6. The Bertz CT molecular complexity index is 933. The summed E-state index contributed by atoms with van der Waals surface area (Å²) >= 11 is 0. The van der Waals surface area contributed by atoms with Crippen molar-refractivity contribution in [3.05, 3.63) is 84.4 Å². The number of nitrogens with zero attached hydrogens (tertiary/aromatic N) is 5. The van der Waals surface area contributed by atoms with Crippen LogP contribution in [0.25, 0.3) is 0 Å². The van der Waals surface area contributed by atoms with Crippen LogP contribution in [0.2, 0.25) is 0 Å². The van der Waals surface area contributed by atoms with Crippen molar-refractivity contribution >= 4 is 35.6 Å². The molecular weight excluding hydrogens is 499 g/mol. The van der Waals surface area contributed by atoms with Crippen LogP contribution in [0.5, 0.6) is 0 Å². The molecule has 164 valence electrons. The number of piperazine rings is 1. The molecule has 0 atom stereocenters. The number of hydrogen-bond donors (Lipinski definition) is 1. The Labute approximate surface area is 202 Å². The van der Waals surface area contributed by atoms with Crippen molar-refractivity contribution in [2.24, 2.45) is 4.99 Å². The highest BCUT2D eigenvalue weighted by atomic mass is 127. The topological polar surface area (TPSA) is 48.7 Å². The average molecular weight is 530 g/mol. The summed E-state index contributed by atoms with van der Waals surface area (Å²) in [6.07, 6.45) is 4.80. The molecule has 31 heavy (non-hydrogen) atoms. The third kappa shape index (κ3) is 6.22. The van der Waals surface area contributed by atoms with Gasteiger partial charge in [-0.1, -0.05) is 48.5 Å². The smallest absolute Gasteiger partial charge is 0.193 e. The van der Waals surface area contributed by atoms with E-state index in [-0.39, 0.29) is 24.0 Å². The lowest BCUT2D eigenvalue weighted by Crippen LogP contribution is -2.52. The molecule has 0 aliphatic carbocycles. The van der Waals surface area contributed by atoms with Crippen LogP contribution < -0.4 is 10.2 Å². The van der Waals surface area contributed by atoms with Crippen molar-refractivity contribution in [1.29, 1.82) is 0 Å². The predicted octanol–water partition coefficient (Wildman–Crippen LogP) is 3.49. The summed E-state index contributed by atoms with van der Waals surface area (Å²) in [6.45, 7) is 5.62. The fourth-order valence-corrected chi connectivity index (χ4v) is 3.93. The first-order chi connectivity index (χ1) is 14.8. The standard InChI is InChI=1S/C24H30N6.HI/c1-25-24(29-18-16-28(17-19-29)22-10-6-3-7-11-22)27-13-12-23-26-14-15-30(23)20-21-8-4-2-5-9-21;/h2-11,14-15H,12-13,16-20H2,1H3,(H,25,27);1H. The molecule has 0 spiro atoms. The summed E-state index contributed by atoms with van der Waals surface area (Å²) in [5.41, 5.74) is 2.59. The van der Waals surface area contributed by atoms with Crippen LogP contribution in [0, 0.1) is 0 Å². The first kappa shape index (κ1) is 23.1. The zero-order valence-electron chi connectivity index (χ0n) is 18.0. The average Bonchev–Trinajstić information content (AvgIpc) is 3.25. The van der Waals surface area contributed by atoms with Gasteiger partial charge < -0.3 is 19.7 Å². The third-order valence-electron chi connectivity index (χ3n) is 5.54. The number of para-hydroxylation sites is 1. The number of hydrogen-bond acceptors (Lipinski definition) is 3. The van der Waals surface area contributed by atoms with Crippen molar-refractivity contribution in [3.63, 3.8) is 0 Å². The molecule has 1 fully saturated rings. The number of aliphatic imine (C=N–C) groups is 1. The molecule has 1 aliphatic heterocycles. The van der Waals surface area contributed by atoms with E-state index in [0.717, 1.165) is 57.5 Å². The lowest BCUT2D eigenvalue weighted by atomic mass is 10.2. The summed E-state index contributed by atoms with van der Waals surface area (Å²) in [5, 5.41) is 3.53. The predicted molar refractivity (Wildman–Crippen MR) is 138 cm³/mol. The van der Waals surface area contributed by atoms with Gasteiger partial charge in [0, 0.05) is 70.8 Å². The lowest BCUT2D eigenvalue weighted by molar-refractivity contribution is 0.372. The molecule has 3 aromatic rings. The van der Waals surface area contributed by atoms with E-state index in [9.17, 15) is 0 Å². The quantitative estimate of drug-likeness (QED) is 0.301. The van der Waals surface area contributed by atoms with Crippen LogP contribution in [0.4, 0.5) is 5.69 Å². The molecule has 2 aromatic carbocycles. The van der Waals surface area contributed by atoms with E-state index in [4.69, 9.17) is 0 Å². The fourth-order valence-electron chi connectivity index (χ4n) is 3.93. The van der Waals surface area contributed by atoms with Gasteiger partial charge in [0.25, 0.3) is 0 Å². The SMILES string of the molecule is CN=C(NCCc1nccn1Cc1ccccc1)N1CCN(c2ccccc2)CC1.I. The van der Waals surface area contributed by atoms with Crippen molar-refractivity contribution in [2.45, 2.75) is 13.0 Å². The minimum Gasteiger partial charge on any atom is -0.368 e. The van der Waals surface area contributed by atoms with Gasteiger partial charge in [-0.3, -0.25) is 4.99 Å². The van der Waals surface area contributed by atoms with Crippen LogP contribution in [0.3, 0.4) is 0 Å². The van der Waals surface area contributed by atoms with E-state index in [2.05, 4.69) is 90.5 Å². The highest BCUT2D eigenvalue weighted by Crippen LogP contribution is 2.15. The molecule has 6 nitrogen and oxygen atoms in total. The van der Waals surface area contributed by atoms with E-state index in [1.165, 1.54) is 11.3 Å². The minimum atomic E-state index is 0. The molecule has 0 saturated carbocycles. The van der Waals surface area contributed by atoms with Gasteiger partial charge in [0.05, 0.1) is 0 Å². The fraction of sp³-hybridized carbons (Fsp3) is 0.333. The molecule has 2 heterocycles. The maximum atomic E-state index is 4.55. The van der Waals surface area contributed by atoms with Gasteiger partial charge in [0.2, 0.25) is 0 Å². The number of guanidine groups is 1. The van der Waals surface area contributed by atoms with Crippen LogP contribution in [-0.2, 0) is 13.0 Å². The van der Waals surface area contributed by atoms with Crippen molar-refractivity contribution in [2.75, 3.05) is 44.7 Å². The minimum absolute atomic E-state index is 0. The van der Waals surface area contributed by atoms with E-state index in [0.29, 0.717) is 0 Å². The normalized spacial score (nSPS) is 14.3. The Morgan fingerprint density at radius 1 is 0.968 bits per heavy atom. The summed E-state index contributed by atoms with van der Waals surface area (Å²) in [4.78, 5) is 13.8. The number of imidazole rings is 1. The number of nitrogens with one attached hydrogen (secondary N) is 1. The molecule has 1 aromatic heterocycles. The van der Waals surface area contributed by atoms with Gasteiger partial charge in [-0.15, -0.1) is 24.0 Å². The molecule has 0 bridgehead atoms. The largest absolute Gasteiger partial charge is 0.368 e. The first-order valence-electron chi connectivity index (χ1n) is 10.6. The van der Waals surface area contributed by atoms with E-state index >= 15 is 0 Å². The summed E-state index contributed by atoms with van der Waals surface area (Å²) in [6, 6.07) is 21.1. The van der Waals surface area contributed by atoms with Crippen LogP contribution in [-0.4, -0.2) is 60.2 Å². The molecule has 7 heteroatoms. The van der Waals surface area contributed by atoms with E-state index in [1.54, 1.807) is 0 Å². The Balaban J connectivity index is 0.00000272. The van der Waals surface area contributed by atoms with E-state index in [1.807, 2.05) is 19.3 Å². The van der Waals surface area contributed by atoms with Crippen molar-refractivity contribution in [1.82, 2.24) is 19.8 Å². The number of halogens is 1. The summed E-state index contributed by atoms with van der Waals surface area (Å²) in [7, 11) is 1.86. The molecule has 1 aliphatic rings. The Kier molecular flexibility index (Phi) is 8.75. The van der Waals surface area contributed by atoms with Gasteiger partial charge in [-0.2, -0.15) is 0 Å². The molecular formula is C24H31IN6.